The van der Waals surface area contributed by atoms with Gasteiger partial charge in [0.25, 0.3) is 0 Å². The summed E-state index contributed by atoms with van der Waals surface area (Å²) in [4.78, 5) is 17.7. The van der Waals surface area contributed by atoms with E-state index < -0.39 is 0 Å². The molecule has 2 heterocycles. The molecule has 0 aliphatic heterocycles. The van der Waals surface area contributed by atoms with Crippen molar-refractivity contribution in [3.8, 4) is 5.82 Å². The molecule has 0 N–H and O–H groups in total. The molecule has 0 saturated carbocycles. The summed E-state index contributed by atoms with van der Waals surface area (Å²) >= 11 is 0. The molecule has 15 heavy (non-hydrogen) atoms. The van der Waals surface area contributed by atoms with Crippen molar-refractivity contribution >= 4 is 12.0 Å². The third-order valence-electron chi connectivity index (χ3n) is 1.83. The summed E-state index contributed by atoms with van der Waals surface area (Å²) in [5, 5.41) is 3.96. The van der Waals surface area contributed by atoms with Crippen LogP contribution in [-0.2, 0) is 0 Å². The second-order valence-electron chi connectivity index (χ2n) is 2.79. The van der Waals surface area contributed by atoms with Gasteiger partial charge in [0, 0.05) is 12.4 Å². The Balaban J connectivity index is 2.37. The van der Waals surface area contributed by atoms with E-state index in [1.54, 1.807) is 24.4 Å². The van der Waals surface area contributed by atoms with Gasteiger partial charge in [0.05, 0.1) is 6.57 Å². The van der Waals surface area contributed by atoms with Crippen LogP contribution in [0.5, 0.6) is 0 Å². The van der Waals surface area contributed by atoms with E-state index in [1.165, 1.54) is 10.9 Å². The Bertz CT molecular complexity index is 521. The lowest BCUT2D eigenvalue weighted by atomic mass is 10.4. The third-order valence-corrected chi connectivity index (χ3v) is 1.83. The Hall–Kier alpha value is -2.48. The van der Waals surface area contributed by atoms with Crippen LogP contribution < -0.4 is 0 Å². The van der Waals surface area contributed by atoms with E-state index in [9.17, 15) is 4.79 Å². The minimum Gasteiger partial charge on any atom is -0.296 e. The van der Waals surface area contributed by atoms with E-state index >= 15 is 0 Å². The van der Waals surface area contributed by atoms with Gasteiger partial charge in [0.15, 0.2) is 12.1 Å². The van der Waals surface area contributed by atoms with Crippen molar-refractivity contribution in [2.45, 2.75) is 0 Å². The highest BCUT2D eigenvalue weighted by Gasteiger charge is 2.00. The lowest BCUT2D eigenvalue weighted by molar-refractivity contribution is 0.111. The quantitative estimate of drug-likeness (QED) is 0.544. The maximum atomic E-state index is 10.4. The molecule has 0 radical (unpaired) electrons. The van der Waals surface area contributed by atoms with Gasteiger partial charge < -0.3 is 0 Å². The molecule has 0 atom stereocenters. The Labute approximate surface area is 85.8 Å². The van der Waals surface area contributed by atoms with Gasteiger partial charge in [0.2, 0.25) is 5.69 Å². The standard InChI is InChI=1S/C10H6N4O/c1-11-8-2-3-10(12-6-8)14-5-4-9(7-15)13-14/h2-7H. The molecular formula is C10H6N4O. The van der Waals surface area contributed by atoms with Gasteiger partial charge in [-0.15, -0.1) is 0 Å². The van der Waals surface area contributed by atoms with Crippen LogP contribution >= 0.6 is 0 Å². The molecule has 72 valence electrons. The zero-order chi connectivity index (χ0) is 10.7. The van der Waals surface area contributed by atoms with Gasteiger partial charge in [-0.3, -0.25) is 4.79 Å². The monoisotopic (exact) mass is 198 g/mol. The Morgan fingerprint density at radius 1 is 1.40 bits per heavy atom. The molecule has 0 fully saturated rings. The second-order valence-corrected chi connectivity index (χ2v) is 2.79. The van der Waals surface area contributed by atoms with Crippen molar-refractivity contribution < 1.29 is 4.79 Å². The Kier molecular flexibility index (Phi) is 2.25. The first-order valence-corrected chi connectivity index (χ1v) is 4.18. The highest BCUT2D eigenvalue weighted by atomic mass is 16.1. The number of pyridine rings is 1. The van der Waals surface area contributed by atoms with Gasteiger partial charge in [-0.1, -0.05) is 6.07 Å². The first kappa shape index (κ1) is 9.09. The summed E-state index contributed by atoms with van der Waals surface area (Å²) in [7, 11) is 0. The number of nitrogens with zero attached hydrogens (tertiary/aromatic N) is 4. The number of carbonyl (C=O) groups excluding carboxylic acids is 1. The molecule has 0 saturated heterocycles. The van der Waals surface area contributed by atoms with Crippen molar-refractivity contribution in [3.05, 3.63) is 47.7 Å². The van der Waals surface area contributed by atoms with Gasteiger partial charge in [-0.25, -0.2) is 14.5 Å². The first-order chi connectivity index (χ1) is 7.33. The average molecular weight is 198 g/mol. The molecule has 0 aliphatic rings. The fourth-order valence-corrected chi connectivity index (χ4v) is 1.11. The molecule has 0 bridgehead atoms. The van der Waals surface area contributed by atoms with Gasteiger partial charge in [0.1, 0.15) is 5.69 Å². The summed E-state index contributed by atoms with van der Waals surface area (Å²) in [6, 6.07) is 4.92. The first-order valence-electron chi connectivity index (χ1n) is 4.18. The molecule has 0 amide bonds. The van der Waals surface area contributed by atoms with E-state index in [2.05, 4.69) is 14.9 Å². The van der Waals surface area contributed by atoms with Gasteiger partial charge >= 0.3 is 0 Å². The highest BCUT2D eigenvalue weighted by molar-refractivity contribution is 5.71. The summed E-state index contributed by atoms with van der Waals surface area (Å²) < 4.78 is 1.48. The van der Waals surface area contributed by atoms with Crippen LogP contribution in [0, 0.1) is 6.57 Å². The summed E-state index contributed by atoms with van der Waals surface area (Å²) in [5.41, 5.74) is 0.826. The molecule has 0 spiro atoms. The largest absolute Gasteiger partial charge is 0.296 e. The maximum absolute atomic E-state index is 10.4. The van der Waals surface area contributed by atoms with Crippen molar-refractivity contribution in [1.29, 1.82) is 0 Å². The van der Waals surface area contributed by atoms with E-state index in [4.69, 9.17) is 6.57 Å². The Morgan fingerprint density at radius 2 is 2.27 bits per heavy atom. The smallest absolute Gasteiger partial charge is 0.205 e. The molecular weight excluding hydrogens is 192 g/mol. The van der Waals surface area contributed by atoms with E-state index in [0.717, 1.165) is 0 Å². The summed E-state index contributed by atoms with van der Waals surface area (Å²) in [5.74, 6) is 0.579. The lowest BCUT2D eigenvalue weighted by Crippen LogP contribution is -1.97. The van der Waals surface area contributed by atoms with E-state index in [1.807, 2.05) is 0 Å². The van der Waals surface area contributed by atoms with Crippen molar-refractivity contribution in [1.82, 2.24) is 14.8 Å². The van der Waals surface area contributed by atoms with Crippen LogP contribution in [0.3, 0.4) is 0 Å². The lowest BCUT2D eigenvalue weighted by Gasteiger charge is -1.98. The van der Waals surface area contributed by atoms with Crippen LogP contribution in [0.2, 0.25) is 0 Å². The number of rotatable bonds is 2. The molecule has 2 aromatic rings. The number of aldehydes is 1. The van der Waals surface area contributed by atoms with E-state index in [0.29, 0.717) is 23.5 Å². The van der Waals surface area contributed by atoms with Crippen molar-refractivity contribution in [2.75, 3.05) is 0 Å². The predicted octanol–water partition coefficient (Wildman–Crippen LogP) is 1.63. The summed E-state index contributed by atoms with van der Waals surface area (Å²) in [6.45, 7) is 6.77. The minimum absolute atomic E-state index is 0.353. The van der Waals surface area contributed by atoms with Crippen molar-refractivity contribution in [2.24, 2.45) is 0 Å². The second kappa shape index (κ2) is 3.72. The molecule has 0 aliphatic carbocycles. The number of hydrogen-bond acceptors (Lipinski definition) is 3. The van der Waals surface area contributed by atoms with Crippen LogP contribution in [0.25, 0.3) is 10.7 Å². The molecule has 2 rings (SSSR count). The molecule has 5 nitrogen and oxygen atoms in total. The molecule has 0 unspecified atom stereocenters. The number of hydrogen-bond donors (Lipinski definition) is 0. The van der Waals surface area contributed by atoms with Crippen molar-refractivity contribution in [3.63, 3.8) is 0 Å². The summed E-state index contributed by atoms with van der Waals surface area (Å²) in [6.07, 6.45) is 3.78. The van der Waals surface area contributed by atoms with Crippen LogP contribution in [0.15, 0.2) is 30.6 Å². The minimum atomic E-state index is 0.353. The average Bonchev–Trinajstić information content (AvgIpc) is 2.78. The molecule has 0 aromatic carbocycles. The normalized spacial score (nSPS) is 9.53. The van der Waals surface area contributed by atoms with Crippen LogP contribution in [0.1, 0.15) is 10.5 Å². The molecule has 5 heteroatoms. The highest BCUT2D eigenvalue weighted by Crippen LogP contribution is 2.11. The fraction of sp³-hybridized carbons (Fsp3) is 0. The maximum Gasteiger partial charge on any atom is 0.205 e. The fourth-order valence-electron chi connectivity index (χ4n) is 1.11. The molecule has 2 aromatic heterocycles. The van der Waals surface area contributed by atoms with Gasteiger partial charge in [-0.2, -0.15) is 5.10 Å². The Morgan fingerprint density at radius 3 is 2.80 bits per heavy atom. The van der Waals surface area contributed by atoms with Crippen LogP contribution in [0.4, 0.5) is 5.69 Å². The van der Waals surface area contributed by atoms with E-state index in [-0.39, 0.29) is 0 Å². The topological polar surface area (TPSA) is 52.1 Å². The third kappa shape index (κ3) is 1.74. The number of aromatic nitrogens is 3. The zero-order valence-electron chi connectivity index (χ0n) is 7.66. The number of carbonyl (C=O) groups is 1. The predicted molar refractivity (Wildman–Crippen MR) is 53.0 cm³/mol. The zero-order valence-corrected chi connectivity index (χ0v) is 7.66. The SMILES string of the molecule is [C-]#[N+]c1ccc(-n2ccc(C=O)n2)nc1. The van der Waals surface area contributed by atoms with Crippen LogP contribution in [-0.4, -0.2) is 21.1 Å². The van der Waals surface area contributed by atoms with Gasteiger partial charge in [-0.05, 0) is 12.1 Å².